The zero-order valence-corrected chi connectivity index (χ0v) is 10.3. The number of methoxy groups -OCH3 is 1. The molecule has 16 heavy (non-hydrogen) atoms. The van der Waals surface area contributed by atoms with Crippen LogP contribution in [0.3, 0.4) is 0 Å². The maximum absolute atomic E-state index is 12.3. The monoisotopic (exact) mass is 222 g/mol. The molecule has 1 aliphatic rings. The highest BCUT2D eigenvalue weighted by Crippen LogP contribution is 2.53. The number of carbonyl (C=O) groups excluding carboxylic acids is 1. The topological polar surface area (TPSA) is 44.1 Å². The van der Waals surface area contributed by atoms with Gasteiger partial charge < -0.3 is 4.74 Å². The number of carbonyl (C=O) groups is 1. The van der Waals surface area contributed by atoms with Crippen LogP contribution in [-0.4, -0.2) is 22.7 Å². The molecule has 1 aromatic rings. The summed E-state index contributed by atoms with van der Waals surface area (Å²) in [5.74, 6) is 0.888. The molecule has 1 aromatic heterocycles. The predicted octanol–water partition coefficient (Wildman–Crippen LogP) is 2.14. The van der Waals surface area contributed by atoms with E-state index < -0.39 is 0 Å². The molecular formula is C12H18N2O2. The van der Waals surface area contributed by atoms with Crippen molar-refractivity contribution in [3.63, 3.8) is 0 Å². The molecule has 4 nitrogen and oxygen atoms in total. The summed E-state index contributed by atoms with van der Waals surface area (Å²) in [6, 6.07) is 0. The highest BCUT2D eigenvalue weighted by atomic mass is 16.5. The summed E-state index contributed by atoms with van der Waals surface area (Å²) in [5.41, 5.74) is 0.769. The second kappa shape index (κ2) is 3.61. The smallest absolute Gasteiger partial charge is 0.188 e. The first kappa shape index (κ1) is 11.2. The molecule has 0 spiro atoms. The van der Waals surface area contributed by atoms with Crippen molar-refractivity contribution < 1.29 is 9.53 Å². The molecule has 1 aliphatic carbocycles. The molecule has 1 saturated carbocycles. The van der Waals surface area contributed by atoms with Gasteiger partial charge in [0.25, 0.3) is 0 Å². The van der Waals surface area contributed by atoms with Gasteiger partial charge in [-0.3, -0.25) is 9.48 Å². The quantitative estimate of drug-likeness (QED) is 0.733. The molecule has 0 aliphatic heterocycles. The van der Waals surface area contributed by atoms with Crippen LogP contribution in [0.25, 0.3) is 0 Å². The molecule has 4 heteroatoms. The Kier molecular flexibility index (Phi) is 2.52. The Hall–Kier alpha value is -1.32. The van der Waals surface area contributed by atoms with Crippen LogP contribution in [0.5, 0.6) is 5.75 Å². The van der Waals surface area contributed by atoms with Gasteiger partial charge in [0.05, 0.1) is 13.3 Å². The van der Waals surface area contributed by atoms with Crippen molar-refractivity contribution in [3.05, 3.63) is 11.9 Å². The van der Waals surface area contributed by atoms with Gasteiger partial charge >= 0.3 is 0 Å². The molecule has 0 radical (unpaired) electrons. The van der Waals surface area contributed by atoms with Crippen LogP contribution < -0.4 is 4.74 Å². The number of aryl methyl sites for hydroxylation is 1. The number of nitrogens with zero attached hydrogens (tertiary/aromatic N) is 2. The molecule has 2 rings (SSSR count). The molecule has 0 aromatic carbocycles. The lowest BCUT2D eigenvalue weighted by atomic mass is 10.0. The van der Waals surface area contributed by atoms with Crippen molar-refractivity contribution in [2.75, 3.05) is 7.11 Å². The second-order valence-electron chi connectivity index (χ2n) is 4.99. The lowest BCUT2D eigenvalue weighted by molar-refractivity contribution is 0.0939. The zero-order chi connectivity index (χ0) is 11.9. The third-order valence-electron chi connectivity index (χ3n) is 3.39. The van der Waals surface area contributed by atoms with E-state index in [1.54, 1.807) is 18.0 Å². The van der Waals surface area contributed by atoms with Gasteiger partial charge in [-0.15, -0.1) is 0 Å². The average Bonchev–Trinajstić information content (AvgIpc) is 2.75. The zero-order valence-electron chi connectivity index (χ0n) is 10.3. The largest absolute Gasteiger partial charge is 0.493 e. The minimum absolute atomic E-state index is 0.128. The van der Waals surface area contributed by atoms with Gasteiger partial charge in [0.2, 0.25) is 0 Å². The number of ketones is 1. The summed E-state index contributed by atoms with van der Waals surface area (Å²) < 4.78 is 6.91. The van der Waals surface area contributed by atoms with Crippen LogP contribution >= 0.6 is 0 Å². The Bertz CT molecular complexity index is 399. The Balaban J connectivity index is 2.32. The highest BCUT2D eigenvalue weighted by Gasteiger charge is 2.51. The van der Waals surface area contributed by atoms with Gasteiger partial charge in [0, 0.05) is 12.5 Å². The Morgan fingerprint density at radius 1 is 1.69 bits per heavy atom. The molecule has 1 atom stereocenters. The van der Waals surface area contributed by atoms with E-state index in [1.807, 2.05) is 6.92 Å². The summed E-state index contributed by atoms with van der Waals surface area (Å²) in [4.78, 5) is 12.3. The molecule has 1 heterocycles. The van der Waals surface area contributed by atoms with E-state index in [4.69, 9.17) is 4.74 Å². The first-order valence-electron chi connectivity index (χ1n) is 5.65. The molecule has 88 valence electrons. The first-order valence-corrected chi connectivity index (χ1v) is 5.65. The summed E-state index contributed by atoms with van der Waals surface area (Å²) in [7, 11) is 1.58. The van der Waals surface area contributed by atoms with Crippen molar-refractivity contribution in [2.24, 2.45) is 11.3 Å². The first-order chi connectivity index (χ1) is 7.51. The van der Waals surface area contributed by atoms with Crippen LogP contribution in [0.4, 0.5) is 0 Å². The molecule has 1 fully saturated rings. The molecule has 0 saturated heterocycles. The second-order valence-corrected chi connectivity index (χ2v) is 4.99. The fourth-order valence-corrected chi connectivity index (χ4v) is 2.09. The van der Waals surface area contributed by atoms with E-state index in [1.165, 1.54) is 0 Å². The van der Waals surface area contributed by atoms with Crippen molar-refractivity contribution >= 4 is 5.78 Å². The van der Waals surface area contributed by atoms with Gasteiger partial charge in [-0.05, 0) is 18.8 Å². The van der Waals surface area contributed by atoms with E-state index in [0.717, 1.165) is 6.42 Å². The van der Waals surface area contributed by atoms with Gasteiger partial charge in [0.1, 0.15) is 5.69 Å². The highest BCUT2D eigenvalue weighted by molar-refractivity contribution is 6.00. The van der Waals surface area contributed by atoms with E-state index in [0.29, 0.717) is 18.0 Å². The van der Waals surface area contributed by atoms with E-state index in [-0.39, 0.29) is 17.1 Å². The third-order valence-corrected chi connectivity index (χ3v) is 3.39. The molecule has 0 amide bonds. The van der Waals surface area contributed by atoms with E-state index in [2.05, 4.69) is 18.9 Å². The van der Waals surface area contributed by atoms with E-state index in [9.17, 15) is 4.79 Å². The van der Waals surface area contributed by atoms with Crippen LogP contribution in [0, 0.1) is 11.3 Å². The number of Topliss-reactive ketones (excluding diaryl/α,β-unsaturated/α-hetero) is 1. The fourth-order valence-electron chi connectivity index (χ4n) is 2.09. The Morgan fingerprint density at radius 3 is 2.75 bits per heavy atom. The minimum Gasteiger partial charge on any atom is -0.493 e. The lowest BCUT2D eigenvalue weighted by Crippen LogP contribution is -2.14. The molecular weight excluding hydrogens is 204 g/mol. The van der Waals surface area contributed by atoms with Crippen molar-refractivity contribution in [2.45, 2.75) is 33.7 Å². The maximum atomic E-state index is 12.3. The molecule has 0 bridgehead atoms. The van der Waals surface area contributed by atoms with Gasteiger partial charge in [-0.2, -0.15) is 5.10 Å². The van der Waals surface area contributed by atoms with Crippen LogP contribution in [0.2, 0.25) is 0 Å². The number of aromatic nitrogens is 2. The Morgan fingerprint density at radius 2 is 2.31 bits per heavy atom. The van der Waals surface area contributed by atoms with Gasteiger partial charge in [-0.25, -0.2) is 0 Å². The number of hydrogen-bond acceptors (Lipinski definition) is 3. The summed E-state index contributed by atoms with van der Waals surface area (Å²) in [6.07, 6.45) is 2.58. The number of rotatable bonds is 4. The molecule has 1 unspecified atom stereocenters. The van der Waals surface area contributed by atoms with E-state index >= 15 is 0 Å². The SMILES string of the molecule is CCn1ncc(OC)c1C(=O)C1CC1(C)C. The third kappa shape index (κ3) is 1.62. The van der Waals surface area contributed by atoms with Crippen LogP contribution in [0.15, 0.2) is 6.20 Å². The van der Waals surface area contributed by atoms with Gasteiger partial charge in [0.15, 0.2) is 11.5 Å². The van der Waals surface area contributed by atoms with Crippen LogP contribution in [-0.2, 0) is 6.54 Å². The van der Waals surface area contributed by atoms with Crippen molar-refractivity contribution in [1.82, 2.24) is 9.78 Å². The maximum Gasteiger partial charge on any atom is 0.188 e. The van der Waals surface area contributed by atoms with Gasteiger partial charge in [-0.1, -0.05) is 13.8 Å². The summed E-state index contributed by atoms with van der Waals surface area (Å²) in [6.45, 7) is 6.90. The normalized spacial score (nSPS) is 21.9. The van der Waals surface area contributed by atoms with Crippen molar-refractivity contribution in [3.8, 4) is 5.75 Å². The average molecular weight is 222 g/mol. The predicted molar refractivity (Wildman–Crippen MR) is 60.7 cm³/mol. The fraction of sp³-hybridized carbons (Fsp3) is 0.667. The molecule has 0 N–H and O–H groups in total. The lowest BCUT2D eigenvalue weighted by Gasteiger charge is -2.07. The minimum atomic E-state index is 0.128. The van der Waals surface area contributed by atoms with Crippen molar-refractivity contribution in [1.29, 1.82) is 0 Å². The van der Waals surface area contributed by atoms with Crippen LogP contribution in [0.1, 0.15) is 37.7 Å². The summed E-state index contributed by atoms with van der Waals surface area (Å²) >= 11 is 0. The summed E-state index contributed by atoms with van der Waals surface area (Å²) in [5, 5.41) is 4.16. The standard InChI is InChI=1S/C12H18N2O2/c1-5-14-10(9(16-4)7-13-14)11(15)8-6-12(8,2)3/h7-8H,5-6H2,1-4H3. The Labute approximate surface area is 95.6 Å². The number of ether oxygens (including phenoxy) is 1. The number of hydrogen-bond donors (Lipinski definition) is 0.